The van der Waals surface area contributed by atoms with Crippen LogP contribution in [0.2, 0.25) is 0 Å². The van der Waals surface area contributed by atoms with Gasteiger partial charge in [-0.1, -0.05) is 0 Å². The van der Waals surface area contributed by atoms with Crippen molar-refractivity contribution in [3.63, 3.8) is 0 Å². The minimum absolute atomic E-state index is 0.0710. The van der Waals surface area contributed by atoms with Gasteiger partial charge < -0.3 is 20.8 Å². The van der Waals surface area contributed by atoms with Crippen LogP contribution in [0.3, 0.4) is 0 Å². The molecule has 1 amide bonds. The van der Waals surface area contributed by atoms with Gasteiger partial charge in [-0.15, -0.1) is 0 Å². The molecule has 0 bridgehead atoms. The number of nitrogens with one attached hydrogen (secondary N) is 2. The van der Waals surface area contributed by atoms with E-state index < -0.39 is 23.9 Å². The maximum Gasteiger partial charge on any atom is 0.326 e. The van der Waals surface area contributed by atoms with Gasteiger partial charge in [0.2, 0.25) is 5.91 Å². The molecule has 4 N–H and O–H groups in total. The summed E-state index contributed by atoms with van der Waals surface area (Å²) in [5.41, 5.74) is 0. The summed E-state index contributed by atoms with van der Waals surface area (Å²) >= 11 is 0. The van der Waals surface area contributed by atoms with E-state index in [1.165, 1.54) is 0 Å². The van der Waals surface area contributed by atoms with Gasteiger partial charge in [-0.25, -0.2) is 4.79 Å². The van der Waals surface area contributed by atoms with Crippen LogP contribution >= 0.6 is 0 Å². The van der Waals surface area contributed by atoms with Crippen LogP contribution in [0.5, 0.6) is 0 Å². The Morgan fingerprint density at radius 3 is 2.35 bits per heavy atom. The van der Waals surface area contributed by atoms with E-state index >= 15 is 0 Å². The first-order valence-corrected chi connectivity index (χ1v) is 5.46. The summed E-state index contributed by atoms with van der Waals surface area (Å²) in [5.74, 6) is -2.72. The van der Waals surface area contributed by atoms with Gasteiger partial charge in [-0.05, 0) is 19.3 Å². The van der Waals surface area contributed by atoms with Crippen LogP contribution in [0, 0.1) is 0 Å². The lowest BCUT2D eigenvalue weighted by Gasteiger charge is -2.13. The summed E-state index contributed by atoms with van der Waals surface area (Å²) in [5, 5.41) is 22.5. The number of hydrogen-bond acceptors (Lipinski definition) is 4. The molecule has 7 nitrogen and oxygen atoms in total. The highest BCUT2D eigenvalue weighted by Crippen LogP contribution is 2.17. The van der Waals surface area contributed by atoms with Crippen LogP contribution in [0.1, 0.15) is 25.7 Å². The number of hydrogen-bond donors (Lipinski definition) is 4. The molecule has 1 atom stereocenters. The molecule has 0 aromatic carbocycles. The fraction of sp³-hybridized carbons (Fsp3) is 0.700. The topological polar surface area (TPSA) is 116 Å². The number of aliphatic carboxylic acids is 2. The minimum atomic E-state index is -1.22. The normalized spacial score (nSPS) is 16.2. The second kappa shape index (κ2) is 6.19. The van der Waals surface area contributed by atoms with Gasteiger partial charge >= 0.3 is 11.9 Å². The molecule has 1 saturated carbocycles. The molecule has 1 aliphatic carbocycles. The maximum absolute atomic E-state index is 11.4. The lowest BCUT2D eigenvalue weighted by Crippen LogP contribution is -2.45. The summed E-state index contributed by atoms with van der Waals surface area (Å²) < 4.78 is 0. The monoisotopic (exact) mass is 244 g/mol. The lowest BCUT2D eigenvalue weighted by atomic mass is 10.1. The first-order valence-electron chi connectivity index (χ1n) is 5.46. The molecule has 0 radical (unpaired) electrons. The summed E-state index contributed by atoms with van der Waals surface area (Å²) in [4.78, 5) is 32.4. The van der Waals surface area contributed by atoms with E-state index in [4.69, 9.17) is 10.2 Å². The van der Waals surface area contributed by atoms with Crippen molar-refractivity contribution >= 4 is 17.8 Å². The largest absolute Gasteiger partial charge is 0.481 e. The molecule has 0 spiro atoms. The Hall–Kier alpha value is -1.63. The van der Waals surface area contributed by atoms with Gasteiger partial charge in [0.25, 0.3) is 0 Å². The Morgan fingerprint density at radius 2 is 1.88 bits per heavy atom. The van der Waals surface area contributed by atoms with E-state index in [1.54, 1.807) is 0 Å². The summed E-state index contributed by atoms with van der Waals surface area (Å²) in [7, 11) is 0. The summed E-state index contributed by atoms with van der Waals surface area (Å²) in [6.45, 7) is 0.0710. The number of carbonyl (C=O) groups excluding carboxylic acids is 1. The third kappa shape index (κ3) is 5.86. The van der Waals surface area contributed by atoms with Crippen molar-refractivity contribution in [3.05, 3.63) is 0 Å². The Labute approximate surface area is 98.2 Å². The quantitative estimate of drug-likeness (QED) is 0.443. The van der Waals surface area contributed by atoms with Gasteiger partial charge in [0, 0.05) is 12.5 Å². The third-order valence-electron chi connectivity index (χ3n) is 2.41. The molecular weight excluding hydrogens is 228 g/mol. The van der Waals surface area contributed by atoms with E-state index in [9.17, 15) is 14.4 Å². The second-order valence-electron chi connectivity index (χ2n) is 4.05. The molecular formula is C10H16N2O5. The fourth-order valence-corrected chi connectivity index (χ4v) is 1.30. The van der Waals surface area contributed by atoms with Crippen molar-refractivity contribution in [2.75, 3.05) is 6.54 Å². The average Bonchev–Trinajstić information content (AvgIpc) is 3.04. The van der Waals surface area contributed by atoms with Crippen LogP contribution in [0.4, 0.5) is 0 Å². The number of carbonyl (C=O) groups is 3. The van der Waals surface area contributed by atoms with Gasteiger partial charge in [0.05, 0.1) is 6.54 Å². The first-order chi connectivity index (χ1) is 7.99. The number of amides is 1. The van der Waals surface area contributed by atoms with Crippen molar-refractivity contribution in [3.8, 4) is 0 Å². The van der Waals surface area contributed by atoms with Crippen molar-refractivity contribution in [2.45, 2.75) is 37.8 Å². The Morgan fingerprint density at radius 1 is 1.24 bits per heavy atom. The average molecular weight is 244 g/mol. The molecule has 1 fully saturated rings. The van der Waals surface area contributed by atoms with Gasteiger partial charge in [0.1, 0.15) is 6.04 Å². The van der Waals surface area contributed by atoms with E-state index in [2.05, 4.69) is 10.6 Å². The molecule has 96 valence electrons. The van der Waals surface area contributed by atoms with Crippen LogP contribution in [0.25, 0.3) is 0 Å². The number of carboxylic acid groups (broad SMARTS) is 2. The zero-order chi connectivity index (χ0) is 12.8. The molecule has 0 aromatic heterocycles. The van der Waals surface area contributed by atoms with Gasteiger partial charge in [-0.2, -0.15) is 0 Å². The predicted octanol–water partition coefficient (Wildman–Crippen LogP) is -0.827. The molecule has 1 rings (SSSR count). The number of carboxylic acids is 2. The fourth-order valence-electron chi connectivity index (χ4n) is 1.30. The highest BCUT2D eigenvalue weighted by molar-refractivity contribution is 5.85. The molecule has 0 saturated heterocycles. The lowest BCUT2D eigenvalue weighted by molar-refractivity contribution is -0.142. The van der Waals surface area contributed by atoms with E-state index in [-0.39, 0.29) is 19.4 Å². The van der Waals surface area contributed by atoms with E-state index in [0.29, 0.717) is 6.04 Å². The van der Waals surface area contributed by atoms with Crippen LogP contribution in [-0.4, -0.2) is 46.7 Å². The Kier molecular flexibility index (Phi) is 4.89. The second-order valence-corrected chi connectivity index (χ2v) is 4.05. The standard InChI is InChI=1S/C10H16N2O5/c13-8(5-11-6-1-2-6)12-7(10(16)17)3-4-9(14)15/h6-7,11H,1-5H2,(H,12,13)(H,14,15)(H,16,17)/t7-/m0/s1. The maximum atomic E-state index is 11.4. The zero-order valence-electron chi connectivity index (χ0n) is 9.31. The van der Waals surface area contributed by atoms with E-state index in [0.717, 1.165) is 12.8 Å². The zero-order valence-corrected chi connectivity index (χ0v) is 9.31. The smallest absolute Gasteiger partial charge is 0.326 e. The van der Waals surface area contributed by atoms with Crippen molar-refractivity contribution < 1.29 is 24.6 Å². The van der Waals surface area contributed by atoms with Crippen molar-refractivity contribution in [1.29, 1.82) is 0 Å². The van der Waals surface area contributed by atoms with E-state index in [1.807, 2.05) is 0 Å². The SMILES string of the molecule is O=C(O)CC[C@H](NC(=O)CNC1CC1)C(=O)O. The predicted molar refractivity (Wildman–Crippen MR) is 57.5 cm³/mol. The molecule has 0 aromatic rings. The van der Waals surface area contributed by atoms with Gasteiger partial charge in [-0.3, -0.25) is 9.59 Å². The highest BCUT2D eigenvalue weighted by atomic mass is 16.4. The molecule has 0 unspecified atom stereocenters. The van der Waals surface area contributed by atoms with Crippen LogP contribution in [-0.2, 0) is 14.4 Å². The Balaban J connectivity index is 2.28. The van der Waals surface area contributed by atoms with Crippen molar-refractivity contribution in [2.24, 2.45) is 0 Å². The third-order valence-corrected chi connectivity index (χ3v) is 2.41. The molecule has 1 aliphatic rings. The minimum Gasteiger partial charge on any atom is -0.481 e. The van der Waals surface area contributed by atoms with Crippen LogP contribution in [0.15, 0.2) is 0 Å². The molecule has 17 heavy (non-hydrogen) atoms. The van der Waals surface area contributed by atoms with Crippen LogP contribution < -0.4 is 10.6 Å². The first kappa shape index (κ1) is 13.4. The Bertz CT molecular complexity index is 314. The summed E-state index contributed by atoms with van der Waals surface area (Å²) in [6, 6.07) is -0.775. The molecule has 0 aliphatic heterocycles. The highest BCUT2D eigenvalue weighted by Gasteiger charge is 2.24. The molecule has 0 heterocycles. The number of rotatable bonds is 8. The summed E-state index contributed by atoms with van der Waals surface area (Å²) in [6.07, 6.45) is 1.68. The molecule has 7 heteroatoms. The van der Waals surface area contributed by atoms with Crippen molar-refractivity contribution in [1.82, 2.24) is 10.6 Å². The van der Waals surface area contributed by atoms with Gasteiger partial charge in [0.15, 0.2) is 0 Å².